The highest BCUT2D eigenvalue weighted by molar-refractivity contribution is 8.00. The number of hydrogen-bond acceptors (Lipinski definition) is 5. The van der Waals surface area contributed by atoms with Gasteiger partial charge in [0, 0.05) is 11.6 Å². The predicted octanol–water partition coefficient (Wildman–Crippen LogP) is 3.14. The Morgan fingerprint density at radius 1 is 1.45 bits per heavy atom. The Bertz CT molecular complexity index is 690. The van der Waals surface area contributed by atoms with Gasteiger partial charge in [-0.15, -0.1) is 11.3 Å². The van der Waals surface area contributed by atoms with Gasteiger partial charge in [-0.2, -0.15) is 0 Å². The lowest BCUT2D eigenvalue weighted by molar-refractivity contribution is -0.115. The monoisotopic (exact) mass is 304 g/mol. The van der Waals surface area contributed by atoms with Crippen LogP contribution in [0.5, 0.6) is 0 Å². The van der Waals surface area contributed by atoms with Crippen LogP contribution in [-0.4, -0.2) is 26.1 Å². The Labute approximate surface area is 123 Å². The van der Waals surface area contributed by atoms with Gasteiger partial charge >= 0.3 is 0 Å². The molecular weight excluding hydrogens is 292 g/mol. The van der Waals surface area contributed by atoms with E-state index in [1.165, 1.54) is 23.1 Å². The lowest BCUT2D eigenvalue weighted by Gasteiger charge is -2.08. The Morgan fingerprint density at radius 2 is 2.30 bits per heavy atom. The summed E-state index contributed by atoms with van der Waals surface area (Å²) in [4.78, 5) is 23.7. The number of H-pyrrole nitrogens is 1. The quantitative estimate of drug-likeness (QED) is 0.726. The third kappa shape index (κ3) is 2.83. The first-order valence-corrected chi connectivity index (χ1v) is 7.80. The molecule has 3 rings (SSSR count). The number of amides is 1. The van der Waals surface area contributed by atoms with Crippen molar-refractivity contribution in [1.82, 2.24) is 15.0 Å². The van der Waals surface area contributed by atoms with Gasteiger partial charge in [0.25, 0.3) is 0 Å². The molecule has 0 radical (unpaired) electrons. The van der Waals surface area contributed by atoms with E-state index in [1.807, 2.05) is 36.6 Å². The number of carbonyl (C=O) groups excluding carboxylic acids is 1. The number of aromatic nitrogens is 3. The fraction of sp³-hybridized carbons (Fsp3) is 0.154. The predicted molar refractivity (Wildman–Crippen MR) is 82.2 cm³/mol. The zero-order valence-electron chi connectivity index (χ0n) is 10.7. The van der Waals surface area contributed by atoms with E-state index in [4.69, 9.17) is 0 Å². The topological polar surface area (TPSA) is 70.7 Å². The molecule has 0 saturated carbocycles. The standard InChI is InChI=1S/C13H12N4OS2/c1-8(11(18)17-12-14-6-7-19-12)20-13-15-9-4-2-3-5-10(9)16-13/h2-8H,1H3,(H,15,16)(H,14,17,18)/t8-/m0/s1. The highest BCUT2D eigenvalue weighted by atomic mass is 32.2. The molecule has 1 atom stereocenters. The first kappa shape index (κ1) is 13.1. The zero-order valence-corrected chi connectivity index (χ0v) is 12.3. The van der Waals surface area contributed by atoms with Crippen LogP contribution < -0.4 is 5.32 Å². The second-order valence-electron chi connectivity index (χ2n) is 4.15. The van der Waals surface area contributed by atoms with Crippen LogP contribution in [0.3, 0.4) is 0 Å². The summed E-state index contributed by atoms with van der Waals surface area (Å²) in [5.41, 5.74) is 1.88. The summed E-state index contributed by atoms with van der Waals surface area (Å²) in [6.45, 7) is 1.85. The van der Waals surface area contributed by atoms with Gasteiger partial charge in [-0.3, -0.25) is 4.79 Å². The van der Waals surface area contributed by atoms with Gasteiger partial charge in [0.1, 0.15) is 0 Å². The number of rotatable bonds is 4. The van der Waals surface area contributed by atoms with E-state index in [0.717, 1.165) is 16.2 Å². The Balaban J connectivity index is 1.68. The number of thioether (sulfide) groups is 1. The second kappa shape index (κ2) is 5.64. The van der Waals surface area contributed by atoms with Crippen LogP contribution in [0.1, 0.15) is 6.92 Å². The summed E-state index contributed by atoms with van der Waals surface area (Å²) < 4.78 is 0. The largest absolute Gasteiger partial charge is 0.333 e. The van der Waals surface area contributed by atoms with Crippen molar-refractivity contribution in [3.8, 4) is 0 Å². The SMILES string of the molecule is C[C@H](Sc1nc2ccccc2[nH]1)C(=O)Nc1nccs1. The van der Waals surface area contributed by atoms with Gasteiger partial charge in [-0.05, 0) is 19.1 Å². The molecule has 2 N–H and O–H groups in total. The summed E-state index contributed by atoms with van der Waals surface area (Å²) in [6.07, 6.45) is 1.66. The third-order valence-electron chi connectivity index (χ3n) is 2.69. The highest BCUT2D eigenvalue weighted by Gasteiger charge is 2.17. The molecule has 0 unspecified atom stereocenters. The number of para-hydroxylation sites is 2. The third-order valence-corrected chi connectivity index (χ3v) is 4.36. The number of nitrogens with zero attached hydrogens (tertiary/aromatic N) is 2. The van der Waals surface area contributed by atoms with Crippen LogP contribution in [0.25, 0.3) is 11.0 Å². The number of carbonyl (C=O) groups is 1. The summed E-state index contributed by atoms with van der Waals surface area (Å²) >= 11 is 2.80. The van der Waals surface area contributed by atoms with E-state index in [1.54, 1.807) is 6.20 Å². The van der Waals surface area contributed by atoms with Crippen LogP contribution in [0, 0.1) is 0 Å². The summed E-state index contributed by atoms with van der Waals surface area (Å²) in [5, 5.41) is 5.72. The molecule has 0 bridgehead atoms. The van der Waals surface area contributed by atoms with E-state index in [-0.39, 0.29) is 11.2 Å². The van der Waals surface area contributed by atoms with Crippen molar-refractivity contribution in [1.29, 1.82) is 0 Å². The fourth-order valence-corrected chi connectivity index (χ4v) is 3.05. The van der Waals surface area contributed by atoms with Crippen LogP contribution >= 0.6 is 23.1 Å². The van der Waals surface area contributed by atoms with Crippen molar-refractivity contribution >= 4 is 45.2 Å². The van der Waals surface area contributed by atoms with Gasteiger partial charge in [-0.1, -0.05) is 23.9 Å². The summed E-state index contributed by atoms with van der Waals surface area (Å²) in [6, 6.07) is 7.80. The first-order valence-electron chi connectivity index (χ1n) is 6.04. The van der Waals surface area contributed by atoms with E-state index in [2.05, 4.69) is 20.3 Å². The average molecular weight is 304 g/mol. The molecule has 1 aromatic carbocycles. The molecule has 0 saturated heterocycles. The normalized spacial score (nSPS) is 12.4. The number of aromatic amines is 1. The van der Waals surface area contributed by atoms with E-state index in [0.29, 0.717) is 5.13 Å². The number of thiazole rings is 1. The molecule has 102 valence electrons. The molecule has 3 aromatic rings. The minimum atomic E-state index is -0.250. The van der Waals surface area contributed by atoms with Gasteiger partial charge < -0.3 is 10.3 Å². The molecular formula is C13H12N4OS2. The number of benzene rings is 1. The van der Waals surface area contributed by atoms with Crippen molar-refractivity contribution in [2.24, 2.45) is 0 Å². The Kier molecular flexibility index (Phi) is 3.70. The molecule has 0 fully saturated rings. The van der Waals surface area contributed by atoms with E-state index < -0.39 is 0 Å². The van der Waals surface area contributed by atoms with Crippen molar-refractivity contribution in [3.63, 3.8) is 0 Å². The molecule has 0 spiro atoms. The average Bonchev–Trinajstić information content (AvgIpc) is 3.06. The molecule has 20 heavy (non-hydrogen) atoms. The van der Waals surface area contributed by atoms with Crippen molar-refractivity contribution in [2.75, 3.05) is 5.32 Å². The Hall–Kier alpha value is -1.86. The van der Waals surface area contributed by atoms with Crippen LogP contribution in [0.4, 0.5) is 5.13 Å². The Morgan fingerprint density at radius 3 is 3.05 bits per heavy atom. The smallest absolute Gasteiger partial charge is 0.239 e. The van der Waals surface area contributed by atoms with Gasteiger partial charge in [0.05, 0.1) is 16.3 Å². The van der Waals surface area contributed by atoms with E-state index in [9.17, 15) is 4.79 Å². The van der Waals surface area contributed by atoms with Crippen molar-refractivity contribution < 1.29 is 4.79 Å². The minimum Gasteiger partial charge on any atom is -0.333 e. The number of nitrogens with one attached hydrogen (secondary N) is 2. The molecule has 1 amide bonds. The first-order chi connectivity index (χ1) is 9.72. The van der Waals surface area contributed by atoms with Crippen molar-refractivity contribution in [3.05, 3.63) is 35.8 Å². The molecule has 0 aliphatic rings. The molecule has 7 heteroatoms. The van der Waals surface area contributed by atoms with Gasteiger partial charge in [-0.25, -0.2) is 9.97 Å². The highest BCUT2D eigenvalue weighted by Crippen LogP contribution is 2.24. The fourth-order valence-electron chi connectivity index (χ4n) is 1.70. The molecule has 2 aromatic heterocycles. The molecule has 0 aliphatic heterocycles. The number of fused-ring (bicyclic) bond motifs is 1. The number of anilines is 1. The lowest BCUT2D eigenvalue weighted by atomic mass is 10.3. The maximum atomic E-state index is 12.0. The van der Waals surface area contributed by atoms with Gasteiger partial charge in [0.2, 0.25) is 5.91 Å². The number of imidazole rings is 1. The lowest BCUT2D eigenvalue weighted by Crippen LogP contribution is -2.22. The van der Waals surface area contributed by atoms with Crippen molar-refractivity contribution in [2.45, 2.75) is 17.3 Å². The van der Waals surface area contributed by atoms with E-state index >= 15 is 0 Å². The maximum Gasteiger partial charge on any atom is 0.239 e. The van der Waals surface area contributed by atoms with Crippen LogP contribution in [-0.2, 0) is 4.79 Å². The molecule has 5 nitrogen and oxygen atoms in total. The zero-order chi connectivity index (χ0) is 13.9. The number of hydrogen-bond donors (Lipinski definition) is 2. The molecule has 0 aliphatic carbocycles. The molecule has 2 heterocycles. The van der Waals surface area contributed by atoms with Crippen LogP contribution in [0.2, 0.25) is 0 Å². The summed E-state index contributed by atoms with van der Waals surface area (Å²) in [7, 11) is 0. The minimum absolute atomic E-state index is 0.0783. The maximum absolute atomic E-state index is 12.0. The van der Waals surface area contributed by atoms with Gasteiger partial charge in [0.15, 0.2) is 10.3 Å². The summed E-state index contributed by atoms with van der Waals surface area (Å²) in [5.74, 6) is -0.0783. The van der Waals surface area contributed by atoms with Crippen LogP contribution in [0.15, 0.2) is 41.0 Å². The second-order valence-corrected chi connectivity index (χ2v) is 6.37.